The fourth-order valence-corrected chi connectivity index (χ4v) is 4.61. The van der Waals surface area contributed by atoms with Gasteiger partial charge in [-0.2, -0.15) is 0 Å². The SMILES string of the molecule is COc1cc(C(=O)N(C)C2CCN(C)C2)ccc1Nc1cncc(-c2cc3cc(C)ccc3[nH]2)n1. The molecule has 0 saturated carbocycles. The molecule has 0 aliphatic carbocycles. The number of likely N-dealkylation sites (N-methyl/N-ethyl adjacent to an activating group) is 2. The van der Waals surface area contributed by atoms with E-state index in [1.807, 2.05) is 24.1 Å². The predicted molar refractivity (Wildman–Crippen MR) is 138 cm³/mol. The number of amides is 1. The molecule has 4 aromatic rings. The van der Waals surface area contributed by atoms with Gasteiger partial charge in [0.05, 0.1) is 30.9 Å². The molecule has 8 nitrogen and oxygen atoms in total. The standard InChI is InChI=1S/C27H30N6O2/c1-17-5-7-21-19(11-17)12-23(29-21)24-14-28-15-26(31-24)30-22-8-6-18(13-25(22)35-4)27(34)33(3)20-9-10-32(2)16-20/h5-8,11-15,20,29H,9-10,16H2,1-4H3,(H,30,31). The number of nitrogens with zero attached hydrogens (tertiary/aromatic N) is 4. The van der Waals surface area contributed by atoms with Crippen LogP contribution in [0.5, 0.6) is 5.75 Å². The van der Waals surface area contributed by atoms with Gasteiger partial charge in [-0.15, -0.1) is 0 Å². The van der Waals surface area contributed by atoms with Crippen molar-refractivity contribution < 1.29 is 9.53 Å². The van der Waals surface area contributed by atoms with E-state index in [9.17, 15) is 4.79 Å². The van der Waals surface area contributed by atoms with E-state index in [-0.39, 0.29) is 11.9 Å². The minimum absolute atomic E-state index is 0.00835. The summed E-state index contributed by atoms with van der Waals surface area (Å²) in [4.78, 5) is 29.7. The fourth-order valence-electron chi connectivity index (χ4n) is 4.61. The molecule has 2 N–H and O–H groups in total. The van der Waals surface area contributed by atoms with Crippen molar-refractivity contribution in [3.8, 4) is 17.1 Å². The minimum Gasteiger partial charge on any atom is -0.495 e. The van der Waals surface area contributed by atoms with E-state index >= 15 is 0 Å². The number of H-pyrrole nitrogens is 1. The van der Waals surface area contributed by atoms with Crippen LogP contribution >= 0.6 is 0 Å². The molecule has 1 fully saturated rings. The maximum absolute atomic E-state index is 13.1. The lowest BCUT2D eigenvalue weighted by atomic mass is 10.1. The van der Waals surface area contributed by atoms with Crippen LogP contribution < -0.4 is 10.1 Å². The Morgan fingerprint density at radius 2 is 2.06 bits per heavy atom. The number of aromatic amines is 1. The molecule has 1 atom stereocenters. The molecule has 1 aliphatic heterocycles. The minimum atomic E-state index is -0.00835. The van der Waals surface area contributed by atoms with Crippen LogP contribution in [0, 0.1) is 6.92 Å². The number of hydrogen-bond donors (Lipinski definition) is 2. The van der Waals surface area contributed by atoms with Gasteiger partial charge < -0.3 is 24.8 Å². The van der Waals surface area contributed by atoms with Crippen molar-refractivity contribution in [3.05, 3.63) is 66.0 Å². The summed E-state index contributed by atoms with van der Waals surface area (Å²) >= 11 is 0. The van der Waals surface area contributed by atoms with E-state index in [0.717, 1.165) is 41.8 Å². The van der Waals surface area contributed by atoms with Gasteiger partial charge in [-0.3, -0.25) is 9.78 Å². The van der Waals surface area contributed by atoms with Crippen molar-refractivity contribution in [2.24, 2.45) is 0 Å². The number of nitrogens with one attached hydrogen (secondary N) is 2. The maximum Gasteiger partial charge on any atom is 0.254 e. The Hall–Kier alpha value is -3.91. The molecule has 1 aliphatic rings. The molecule has 0 radical (unpaired) electrons. The number of aryl methyl sites for hydroxylation is 1. The highest BCUT2D eigenvalue weighted by Gasteiger charge is 2.27. The summed E-state index contributed by atoms with van der Waals surface area (Å²) in [6.45, 7) is 3.98. The molecule has 0 bridgehead atoms. The molecular weight excluding hydrogens is 440 g/mol. The van der Waals surface area contributed by atoms with E-state index < -0.39 is 0 Å². The van der Waals surface area contributed by atoms with Crippen molar-refractivity contribution in [3.63, 3.8) is 0 Å². The van der Waals surface area contributed by atoms with E-state index in [0.29, 0.717) is 22.8 Å². The topological polar surface area (TPSA) is 86.4 Å². The van der Waals surface area contributed by atoms with Gasteiger partial charge in [-0.1, -0.05) is 11.6 Å². The number of anilines is 2. The second-order valence-electron chi connectivity index (χ2n) is 9.22. The lowest BCUT2D eigenvalue weighted by molar-refractivity contribution is 0.0737. The summed E-state index contributed by atoms with van der Waals surface area (Å²) in [6.07, 6.45) is 4.39. The fraction of sp³-hybridized carbons (Fsp3) is 0.296. The van der Waals surface area contributed by atoms with Gasteiger partial charge in [0.2, 0.25) is 0 Å². The van der Waals surface area contributed by atoms with E-state index in [4.69, 9.17) is 9.72 Å². The molecule has 5 rings (SSSR count). The predicted octanol–water partition coefficient (Wildman–Crippen LogP) is 4.46. The van der Waals surface area contributed by atoms with Crippen LogP contribution in [0.25, 0.3) is 22.3 Å². The lowest BCUT2D eigenvalue weighted by Gasteiger charge is -2.25. The average Bonchev–Trinajstić information content (AvgIpc) is 3.49. The van der Waals surface area contributed by atoms with Gasteiger partial charge in [0.15, 0.2) is 0 Å². The second kappa shape index (κ2) is 9.38. The zero-order valence-electron chi connectivity index (χ0n) is 20.5. The van der Waals surface area contributed by atoms with Crippen molar-refractivity contribution in [2.75, 3.05) is 39.6 Å². The van der Waals surface area contributed by atoms with Crippen molar-refractivity contribution in [1.82, 2.24) is 24.8 Å². The molecular formula is C27H30N6O2. The number of aromatic nitrogens is 3. The summed E-state index contributed by atoms with van der Waals surface area (Å²) in [6, 6.07) is 14.0. The van der Waals surface area contributed by atoms with Crippen LogP contribution in [0.15, 0.2) is 54.9 Å². The molecule has 180 valence electrons. The number of hydrogen-bond acceptors (Lipinski definition) is 6. The Balaban J connectivity index is 1.36. The van der Waals surface area contributed by atoms with Gasteiger partial charge in [0.25, 0.3) is 5.91 Å². The van der Waals surface area contributed by atoms with Crippen LogP contribution in [0.2, 0.25) is 0 Å². The van der Waals surface area contributed by atoms with Crippen molar-refractivity contribution >= 4 is 28.3 Å². The van der Waals surface area contributed by atoms with Crippen LogP contribution in [-0.4, -0.2) is 71.0 Å². The van der Waals surface area contributed by atoms with Crippen LogP contribution in [0.1, 0.15) is 22.3 Å². The smallest absolute Gasteiger partial charge is 0.254 e. The van der Waals surface area contributed by atoms with Gasteiger partial charge >= 0.3 is 0 Å². The summed E-state index contributed by atoms with van der Waals surface area (Å²) in [7, 11) is 5.55. The normalized spacial score (nSPS) is 15.9. The Labute approximate surface area is 204 Å². The Kier molecular flexibility index (Phi) is 6.13. The molecule has 8 heteroatoms. The first-order valence-electron chi connectivity index (χ1n) is 11.7. The number of methoxy groups -OCH3 is 1. The molecule has 1 unspecified atom stereocenters. The second-order valence-corrected chi connectivity index (χ2v) is 9.22. The zero-order valence-corrected chi connectivity index (χ0v) is 20.5. The lowest BCUT2D eigenvalue weighted by Crippen LogP contribution is -2.38. The highest BCUT2D eigenvalue weighted by Crippen LogP contribution is 2.30. The molecule has 3 heterocycles. The number of carbonyl (C=O) groups is 1. The molecule has 35 heavy (non-hydrogen) atoms. The molecule has 2 aromatic carbocycles. The van der Waals surface area contributed by atoms with E-state index in [2.05, 4.69) is 58.4 Å². The summed E-state index contributed by atoms with van der Waals surface area (Å²) in [5.74, 6) is 1.15. The van der Waals surface area contributed by atoms with Crippen LogP contribution in [-0.2, 0) is 0 Å². The van der Waals surface area contributed by atoms with E-state index in [1.165, 1.54) is 5.56 Å². The van der Waals surface area contributed by atoms with Crippen molar-refractivity contribution in [2.45, 2.75) is 19.4 Å². The number of likely N-dealkylation sites (tertiary alicyclic amines) is 1. The Morgan fingerprint density at radius 1 is 1.20 bits per heavy atom. The third-order valence-electron chi connectivity index (χ3n) is 6.63. The Bertz CT molecular complexity index is 1380. The Morgan fingerprint density at radius 3 is 2.83 bits per heavy atom. The molecule has 0 spiro atoms. The number of fused-ring (bicyclic) bond motifs is 1. The quantitative estimate of drug-likeness (QED) is 0.433. The third kappa shape index (κ3) is 4.70. The monoisotopic (exact) mass is 470 g/mol. The number of ether oxygens (including phenoxy) is 1. The summed E-state index contributed by atoms with van der Waals surface area (Å²) in [5, 5.41) is 4.42. The zero-order chi connectivity index (χ0) is 24.5. The van der Waals surface area contributed by atoms with E-state index in [1.54, 1.807) is 25.6 Å². The third-order valence-corrected chi connectivity index (χ3v) is 6.63. The summed E-state index contributed by atoms with van der Waals surface area (Å²) < 4.78 is 5.60. The van der Waals surface area contributed by atoms with Gasteiger partial charge in [0.1, 0.15) is 17.3 Å². The average molecular weight is 471 g/mol. The van der Waals surface area contributed by atoms with Gasteiger partial charge in [-0.05, 0) is 63.3 Å². The molecule has 2 aromatic heterocycles. The van der Waals surface area contributed by atoms with Gasteiger partial charge in [0, 0.05) is 36.1 Å². The van der Waals surface area contributed by atoms with Crippen LogP contribution in [0.4, 0.5) is 11.5 Å². The largest absolute Gasteiger partial charge is 0.495 e. The molecule has 1 saturated heterocycles. The first kappa shape index (κ1) is 22.9. The highest BCUT2D eigenvalue weighted by molar-refractivity contribution is 5.95. The number of carbonyl (C=O) groups excluding carboxylic acids is 1. The maximum atomic E-state index is 13.1. The highest BCUT2D eigenvalue weighted by atomic mass is 16.5. The van der Waals surface area contributed by atoms with Gasteiger partial charge in [-0.25, -0.2) is 4.98 Å². The summed E-state index contributed by atoms with van der Waals surface area (Å²) in [5.41, 5.74) is 5.21. The van der Waals surface area contributed by atoms with Crippen molar-refractivity contribution in [1.29, 1.82) is 0 Å². The first-order valence-corrected chi connectivity index (χ1v) is 11.7. The van der Waals surface area contributed by atoms with Crippen LogP contribution in [0.3, 0.4) is 0 Å². The number of rotatable bonds is 6. The number of benzene rings is 2. The molecule has 1 amide bonds. The first-order chi connectivity index (χ1) is 16.9.